The molecule has 0 spiro atoms. The normalized spacial score (nSPS) is 10.3. The minimum absolute atomic E-state index is 0.496. The molecule has 3 nitrogen and oxygen atoms in total. The summed E-state index contributed by atoms with van der Waals surface area (Å²) >= 11 is 0. The van der Waals surface area contributed by atoms with Crippen LogP contribution in [0.3, 0.4) is 0 Å². The molecule has 2 aromatic rings. The molecule has 3 heteroatoms. The number of benzene rings is 2. The molecule has 0 aromatic heterocycles. The average molecular weight is 256 g/mol. The Morgan fingerprint density at radius 3 is 2.32 bits per heavy atom. The zero-order chi connectivity index (χ0) is 13.7. The van der Waals surface area contributed by atoms with Gasteiger partial charge in [0.05, 0.1) is 0 Å². The molecule has 0 radical (unpaired) electrons. The van der Waals surface area contributed by atoms with Gasteiger partial charge in [-0.2, -0.15) is 0 Å². The third-order valence-corrected chi connectivity index (χ3v) is 3.04. The molecular weight excluding hydrogens is 236 g/mol. The van der Waals surface area contributed by atoms with Gasteiger partial charge in [0.15, 0.2) is 0 Å². The smallest absolute Gasteiger partial charge is 0.124 e. The third kappa shape index (κ3) is 3.48. The van der Waals surface area contributed by atoms with Crippen molar-refractivity contribution in [1.29, 1.82) is 0 Å². The topological polar surface area (TPSA) is 38.5 Å². The quantitative estimate of drug-likeness (QED) is 0.894. The van der Waals surface area contributed by atoms with Crippen LogP contribution in [0.4, 0.5) is 5.69 Å². The number of rotatable bonds is 5. The fraction of sp³-hybridized carbons (Fsp3) is 0.250. The maximum Gasteiger partial charge on any atom is 0.124 e. The summed E-state index contributed by atoms with van der Waals surface area (Å²) in [5.41, 5.74) is 9.06. The molecule has 100 valence electrons. The Morgan fingerprint density at radius 1 is 1.00 bits per heavy atom. The molecule has 0 aliphatic carbocycles. The number of hydrogen-bond donors (Lipinski definition) is 1. The molecular formula is C16H20N2O. The molecule has 0 bridgehead atoms. The van der Waals surface area contributed by atoms with Crippen molar-refractivity contribution < 1.29 is 4.74 Å². The summed E-state index contributed by atoms with van der Waals surface area (Å²) in [5.74, 6) is 0.863. The Hall–Kier alpha value is -2.00. The summed E-state index contributed by atoms with van der Waals surface area (Å²) in [6.07, 6.45) is 0. The molecule has 0 heterocycles. The number of nitrogens with two attached hydrogens (primary N) is 1. The summed E-state index contributed by atoms with van der Waals surface area (Å²) < 4.78 is 5.82. The van der Waals surface area contributed by atoms with Gasteiger partial charge in [-0.1, -0.05) is 30.3 Å². The van der Waals surface area contributed by atoms with Gasteiger partial charge in [0.25, 0.3) is 0 Å². The fourth-order valence-electron chi connectivity index (χ4n) is 1.86. The Balaban J connectivity index is 2.02. The molecule has 0 fully saturated rings. The predicted molar refractivity (Wildman–Crippen MR) is 79.4 cm³/mol. The molecule has 2 rings (SSSR count). The van der Waals surface area contributed by atoms with E-state index in [2.05, 4.69) is 29.2 Å². The van der Waals surface area contributed by atoms with Crippen LogP contribution in [-0.4, -0.2) is 14.1 Å². The van der Waals surface area contributed by atoms with Crippen molar-refractivity contribution in [3.63, 3.8) is 0 Å². The van der Waals surface area contributed by atoms with Gasteiger partial charge in [-0.05, 0) is 23.8 Å². The molecule has 0 aliphatic heterocycles. The van der Waals surface area contributed by atoms with E-state index in [4.69, 9.17) is 10.5 Å². The highest BCUT2D eigenvalue weighted by atomic mass is 16.5. The number of para-hydroxylation sites is 1. The second-order valence-electron chi connectivity index (χ2n) is 4.66. The van der Waals surface area contributed by atoms with Crippen LogP contribution < -0.4 is 15.4 Å². The van der Waals surface area contributed by atoms with Crippen molar-refractivity contribution in [2.24, 2.45) is 5.73 Å². The van der Waals surface area contributed by atoms with Gasteiger partial charge in [-0.3, -0.25) is 0 Å². The van der Waals surface area contributed by atoms with E-state index >= 15 is 0 Å². The SMILES string of the molecule is CN(C)c1ccc(COc2ccccc2CN)cc1. The summed E-state index contributed by atoms with van der Waals surface area (Å²) in [6.45, 7) is 1.06. The van der Waals surface area contributed by atoms with Crippen LogP contribution in [0.5, 0.6) is 5.75 Å². The number of anilines is 1. The summed E-state index contributed by atoms with van der Waals surface area (Å²) in [7, 11) is 4.06. The van der Waals surface area contributed by atoms with E-state index in [1.54, 1.807) is 0 Å². The molecule has 2 N–H and O–H groups in total. The van der Waals surface area contributed by atoms with Gasteiger partial charge < -0.3 is 15.4 Å². The van der Waals surface area contributed by atoms with Crippen LogP contribution in [0.2, 0.25) is 0 Å². The molecule has 0 aliphatic rings. The van der Waals surface area contributed by atoms with Crippen LogP contribution in [0.15, 0.2) is 48.5 Å². The van der Waals surface area contributed by atoms with Crippen molar-refractivity contribution in [2.75, 3.05) is 19.0 Å². The van der Waals surface area contributed by atoms with Gasteiger partial charge in [-0.15, -0.1) is 0 Å². The lowest BCUT2D eigenvalue weighted by Gasteiger charge is -2.13. The van der Waals surface area contributed by atoms with Crippen molar-refractivity contribution in [1.82, 2.24) is 0 Å². The maximum atomic E-state index is 5.82. The first kappa shape index (κ1) is 13.4. The zero-order valence-corrected chi connectivity index (χ0v) is 11.5. The monoisotopic (exact) mass is 256 g/mol. The van der Waals surface area contributed by atoms with E-state index in [1.807, 2.05) is 38.4 Å². The second kappa shape index (κ2) is 6.25. The number of nitrogens with zero attached hydrogens (tertiary/aromatic N) is 1. The van der Waals surface area contributed by atoms with Crippen LogP contribution in [0.25, 0.3) is 0 Å². The molecule has 19 heavy (non-hydrogen) atoms. The Morgan fingerprint density at radius 2 is 1.68 bits per heavy atom. The van der Waals surface area contributed by atoms with E-state index in [-0.39, 0.29) is 0 Å². The second-order valence-corrected chi connectivity index (χ2v) is 4.66. The molecule has 0 unspecified atom stereocenters. The minimum atomic E-state index is 0.496. The molecule has 0 atom stereocenters. The summed E-state index contributed by atoms with van der Waals surface area (Å²) in [5, 5.41) is 0. The highest BCUT2D eigenvalue weighted by Gasteiger charge is 2.02. The van der Waals surface area contributed by atoms with Crippen molar-refractivity contribution in [2.45, 2.75) is 13.2 Å². The first-order chi connectivity index (χ1) is 9.20. The molecule has 0 amide bonds. The molecule has 2 aromatic carbocycles. The molecule has 0 saturated heterocycles. The third-order valence-electron chi connectivity index (χ3n) is 3.04. The van der Waals surface area contributed by atoms with Crippen LogP contribution in [-0.2, 0) is 13.2 Å². The highest BCUT2D eigenvalue weighted by molar-refractivity contribution is 5.46. The maximum absolute atomic E-state index is 5.82. The van der Waals surface area contributed by atoms with Gasteiger partial charge in [-0.25, -0.2) is 0 Å². The lowest BCUT2D eigenvalue weighted by atomic mass is 10.2. The average Bonchev–Trinajstić information content (AvgIpc) is 2.45. The first-order valence-corrected chi connectivity index (χ1v) is 6.37. The first-order valence-electron chi connectivity index (χ1n) is 6.37. The van der Waals surface area contributed by atoms with Gasteiger partial charge in [0, 0.05) is 31.9 Å². The van der Waals surface area contributed by atoms with E-state index in [1.165, 1.54) is 5.69 Å². The summed E-state index contributed by atoms with van der Waals surface area (Å²) in [4.78, 5) is 2.08. The highest BCUT2D eigenvalue weighted by Crippen LogP contribution is 2.19. The Kier molecular flexibility index (Phi) is 4.42. The van der Waals surface area contributed by atoms with Crippen molar-refractivity contribution >= 4 is 5.69 Å². The lowest BCUT2D eigenvalue weighted by Crippen LogP contribution is -2.08. The van der Waals surface area contributed by atoms with Crippen molar-refractivity contribution in [3.05, 3.63) is 59.7 Å². The molecule has 0 saturated carbocycles. The van der Waals surface area contributed by atoms with Crippen LogP contribution >= 0.6 is 0 Å². The lowest BCUT2D eigenvalue weighted by molar-refractivity contribution is 0.303. The Labute approximate surface area is 114 Å². The number of hydrogen-bond acceptors (Lipinski definition) is 3. The van der Waals surface area contributed by atoms with Gasteiger partial charge in [0.2, 0.25) is 0 Å². The van der Waals surface area contributed by atoms with Crippen LogP contribution in [0.1, 0.15) is 11.1 Å². The standard InChI is InChI=1S/C16H20N2O/c1-18(2)15-9-7-13(8-10-15)12-19-16-6-4-3-5-14(16)11-17/h3-10H,11-12,17H2,1-2H3. The fourth-order valence-corrected chi connectivity index (χ4v) is 1.86. The largest absolute Gasteiger partial charge is 0.489 e. The summed E-state index contributed by atoms with van der Waals surface area (Å²) in [6, 6.07) is 16.2. The minimum Gasteiger partial charge on any atom is -0.489 e. The zero-order valence-electron chi connectivity index (χ0n) is 11.5. The number of ether oxygens (including phenoxy) is 1. The predicted octanol–water partition coefficient (Wildman–Crippen LogP) is 2.79. The van der Waals surface area contributed by atoms with Gasteiger partial charge >= 0.3 is 0 Å². The van der Waals surface area contributed by atoms with E-state index in [0.717, 1.165) is 16.9 Å². The van der Waals surface area contributed by atoms with Crippen LogP contribution in [0, 0.1) is 0 Å². The van der Waals surface area contributed by atoms with E-state index in [0.29, 0.717) is 13.2 Å². The van der Waals surface area contributed by atoms with Gasteiger partial charge in [0.1, 0.15) is 12.4 Å². The van der Waals surface area contributed by atoms with Crippen molar-refractivity contribution in [3.8, 4) is 5.75 Å². The van der Waals surface area contributed by atoms with E-state index in [9.17, 15) is 0 Å². The Bertz CT molecular complexity index is 521. The van der Waals surface area contributed by atoms with E-state index < -0.39 is 0 Å².